The minimum absolute atomic E-state index is 0.230. The second-order valence-electron chi connectivity index (χ2n) is 7.28. The highest BCUT2D eigenvalue weighted by Gasteiger charge is 2.25. The second-order valence-corrected chi connectivity index (χ2v) is 8.29. The molecular formula is C21H22N6O2S. The Morgan fingerprint density at radius 2 is 1.93 bits per heavy atom. The second kappa shape index (κ2) is 8.19. The fourth-order valence-electron chi connectivity index (χ4n) is 3.14. The summed E-state index contributed by atoms with van der Waals surface area (Å²) in [5.74, 6) is -0.137. The van der Waals surface area contributed by atoms with Crippen LogP contribution < -0.4 is 10.9 Å². The maximum atomic E-state index is 13.1. The highest BCUT2D eigenvalue weighted by molar-refractivity contribution is 7.15. The third-order valence-electron chi connectivity index (χ3n) is 4.61. The van der Waals surface area contributed by atoms with Gasteiger partial charge in [0.05, 0.1) is 16.8 Å². The quantitative estimate of drug-likeness (QED) is 0.510. The first-order valence-corrected chi connectivity index (χ1v) is 10.6. The first-order chi connectivity index (χ1) is 14.5. The minimum Gasteiger partial charge on any atom is -0.353 e. The number of amides is 1. The predicted octanol–water partition coefficient (Wildman–Crippen LogP) is 3.78. The monoisotopic (exact) mass is 422 g/mol. The molecule has 0 atom stereocenters. The van der Waals surface area contributed by atoms with Crippen molar-refractivity contribution in [3.8, 4) is 16.9 Å². The van der Waals surface area contributed by atoms with Crippen LogP contribution in [0.3, 0.4) is 0 Å². The van der Waals surface area contributed by atoms with Gasteiger partial charge in [-0.15, -0.1) is 10.2 Å². The highest BCUT2D eigenvalue weighted by Crippen LogP contribution is 2.26. The van der Waals surface area contributed by atoms with Gasteiger partial charge in [-0.3, -0.25) is 14.9 Å². The molecule has 0 saturated carbocycles. The fourth-order valence-corrected chi connectivity index (χ4v) is 3.88. The van der Waals surface area contributed by atoms with E-state index in [9.17, 15) is 9.59 Å². The highest BCUT2D eigenvalue weighted by atomic mass is 32.1. The van der Waals surface area contributed by atoms with Crippen molar-refractivity contribution in [3.63, 3.8) is 0 Å². The number of hydrogen-bond donors (Lipinski definition) is 1. The van der Waals surface area contributed by atoms with E-state index in [0.29, 0.717) is 34.2 Å². The molecule has 1 amide bonds. The number of anilines is 1. The molecule has 2 aliphatic heterocycles. The first kappa shape index (κ1) is 20.0. The number of para-hydroxylation sites is 1. The Labute approximate surface area is 177 Å². The van der Waals surface area contributed by atoms with E-state index in [4.69, 9.17) is 0 Å². The average molecular weight is 423 g/mol. The summed E-state index contributed by atoms with van der Waals surface area (Å²) in [4.78, 5) is 26.1. The van der Waals surface area contributed by atoms with E-state index in [1.807, 2.05) is 55.7 Å². The summed E-state index contributed by atoms with van der Waals surface area (Å²) < 4.78 is 3.19. The van der Waals surface area contributed by atoms with Gasteiger partial charge in [0, 0.05) is 24.9 Å². The molecule has 2 aliphatic rings. The zero-order valence-electron chi connectivity index (χ0n) is 17.0. The lowest BCUT2D eigenvalue weighted by Crippen LogP contribution is -2.17. The molecule has 0 unspecified atom stereocenters. The van der Waals surface area contributed by atoms with Crippen LogP contribution in [0.25, 0.3) is 16.9 Å². The molecule has 154 valence electrons. The minimum atomic E-state index is -0.366. The van der Waals surface area contributed by atoms with Gasteiger partial charge >= 0.3 is 0 Å². The predicted molar refractivity (Wildman–Crippen MR) is 117 cm³/mol. The van der Waals surface area contributed by atoms with Gasteiger partial charge in [0.2, 0.25) is 5.13 Å². The number of carbonyl (C=O) groups is 1. The van der Waals surface area contributed by atoms with Gasteiger partial charge < -0.3 is 4.57 Å². The van der Waals surface area contributed by atoms with Crippen LogP contribution >= 0.6 is 11.3 Å². The summed E-state index contributed by atoms with van der Waals surface area (Å²) in [7, 11) is 0. The zero-order chi connectivity index (χ0) is 21.3. The molecule has 0 bridgehead atoms. The Kier molecular flexibility index (Phi) is 5.45. The van der Waals surface area contributed by atoms with Crippen LogP contribution in [-0.2, 0) is 6.54 Å². The van der Waals surface area contributed by atoms with Crippen LogP contribution in [0.4, 0.5) is 5.13 Å². The summed E-state index contributed by atoms with van der Waals surface area (Å²) in [6.07, 6.45) is 4.35. The van der Waals surface area contributed by atoms with Crippen molar-refractivity contribution < 1.29 is 4.79 Å². The Morgan fingerprint density at radius 3 is 2.60 bits per heavy atom. The number of aryl methyl sites for hydroxylation is 1. The lowest BCUT2D eigenvalue weighted by molar-refractivity contribution is 0.102. The number of aromatic nitrogens is 5. The largest absolute Gasteiger partial charge is 0.353 e. The van der Waals surface area contributed by atoms with Crippen LogP contribution in [0.1, 0.15) is 48.5 Å². The maximum Gasteiger partial charge on any atom is 0.282 e. The van der Waals surface area contributed by atoms with Crippen LogP contribution in [-0.4, -0.2) is 30.5 Å². The molecule has 8 nitrogen and oxygen atoms in total. The van der Waals surface area contributed by atoms with Crippen LogP contribution in [0.2, 0.25) is 0 Å². The van der Waals surface area contributed by atoms with Crippen molar-refractivity contribution in [1.29, 1.82) is 0 Å². The Morgan fingerprint density at radius 1 is 1.17 bits per heavy atom. The molecule has 0 aliphatic carbocycles. The number of benzene rings is 1. The molecule has 30 heavy (non-hydrogen) atoms. The van der Waals surface area contributed by atoms with Gasteiger partial charge in [-0.25, -0.2) is 0 Å². The standard InChI is InChI=1S/C21H22N6O2S/c1-4-10-26-11-15(18(28)22-21-24-23-19(30-21)13(2)3)17-16(12-26)20(29)27(25-17)14-8-6-5-7-9-14/h5-9,11-13H,4,10H2,1-3H3,(H,22,24,28). The summed E-state index contributed by atoms with van der Waals surface area (Å²) in [6, 6.07) is 9.17. The molecule has 9 heteroatoms. The Bertz CT molecular complexity index is 1210. The van der Waals surface area contributed by atoms with Crippen molar-refractivity contribution >= 4 is 22.4 Å². The Hall–Kier alpha value is -3.33. The number of nitrogens with one attached hydrogen (secondary N) is 1. The number of carbonyl (C=O) groups excluding carboxylic acids is 1. The summed E-state index contributed by atoms with van der Waals surface area (Å²) in [6.45, 7) is 6.76. The van der Waals surface area contributed by atoms with Crippen LogP contribution in [0, 0.1) is 0 Å². The van der Waals surface area contributed by atoms with Crippen molar-refractivity contribution in [3.05, 3.63) is 63.7 Å². The van der Waals surface area contributed by atoms with E-state index in [1.54, 1.807) is 12.4 Å². The fraction of sp³-hybridized carbons (Fsp3) is 0.286. The topological polar surface area (TPSA) is 94.7 Å². The molecule has 4 rings (SSSR count). The zero-order valence-corrected chi connectivity index (χ0v) is 17.8. The number of pyridine rings is 1. The summed E-state index contributed by atoms with van der Waals surface area (Å²) in [5.41, 5.74) is 1.49. The molecule has 0 fully saturated rings. The Balaban J connectivity index is 1.79. The smallest absolute Gasteiger partial charge is 0.282 e. The van der Waals surface area contributed by atoms with E-state index >= 15 is 0 Å². The first-order valence-electron chi connectivity index (χ1n) is 9.81. The molecule has 1 aromatic carbocycles. The van der Waals surface area contributed by atoms with Crippen LogP contribution in [0.15, 0.2) is 47.5 Å². The van der Waals surface area contributed by atoms with Crippen molar-refractivity contribution in [2.75, 3.05) is 5.32 Å². The van der Waals surface area contributed by atoms with Gasteiger partial charge in [-0.2, -0.15) is 9.78 Å². The van der Waals surface area contributed by atoms with Crippen molar-refractivity contribution in [2.24, 2.45) is 0 Å². The summed E-state index contributed by atoms with van der Waals surface area (Å²) >= 11 is 1.34. The normalized spacial score (nSPS) is 11.3. The van der Waals surface area contributed by atoms with Crippen LogP contribution in [0.5, 0.6) is 0 Å². The lowest BCUT2D eigenvalue weighted by atomic mass is 10.1. The van der Waals surface area contributed by atoms with Crippen molar-refractivity contribution in [2.45, 2.75) is 39.7 Å². The number of hydrogen-bond acceptors (Lipinski definition) is 6. The molecule has 3 heterocycles. The number of nitrogens with zero attached hydrogens (tertiary/aromatic N) is 5. The van der Waals surface area contributed by atoms with E-state index in [0.717, 1.165) is 11.4 Å². The third-order valence-corrected chi connectivity index (χ3v) is 5.74. The molecule has 1 aromatic heterocycles. The van der Waals surface area contributed by atoms with E-state index in [1.165, 1.54) is 16.0 Å². The molecule has 0 radical (unpaired) electrons. The third kappa shape index (κ3) is 3.76. The molecular weight excluding hydrogens is 400 g/mol. The van der Waals surface area contributed by atoms with Gasteiger partial charge in [-0.1, -0.05) is 50.3 Å². The summed E-state index contributed by atoms with van der Waals surface area (Å²) in [5, 5.41) is 16.7. The van der Waals surface area contributed by atoms with Gasteiger partial charge in [0.1, 0.15) is 10.7 Å². The van der Waals surface area contributed by atoms with Crippen molar-refractivity contribution in [1.82, 2.24) is 24.5 Å². The molecule has 2 aromatic rings. The van der Waals surface area contributed by atoms with Gasteiger partial charge in [0.15, 0.2) is 0 Å². The SMILES string of the molecule is CCCn1cc(C(=O)Nc2nnc(C(C)C)s2)c2nn(-c3ccccc3)c(=O)c-2c1. The molecule has 0 saturated heterocycles. The van der Waals surface area contributed by atoms with E-state index in [2.05, 4.69) is 20.6 Å². The average Bonchev–Trinajstić information content (AvgIpc) is 3.34. The number of rotatable bonds is 6. The van der Waals surface area contributed by atoms with Gasteiger partial charge in [0.25, 0.3) is 11.5 Å². The molecule has 0 spiro atoms. The van der Waals surface area contributed by atoms with E-state index < -0.39 is 0 Å². The molecule has 1 N–H and O–H groups in total. The van der Waals surface area contributed by atoms with E-state index in [-0.39, 0.29) is 17.4 Å². The maximum absolute atomic E-state index is 13.1. The van der Waals surface area contributed by atoms with Gasteiger partial charge in [-0.05, 0) is 18.6 Å². The number of fused-ring (bicyclic) bond motifs is 1. The lowest BCUT2D eigenvalue weighted by Gasteiger charge is -2.11.